The van der Waals surface area contributed by atoms with E-state index in [0.29, 0.717) is 11.3 Å². The Balaban J connectivity index is 2.28. The number of nitriles is 1. The minimum absolute atomic E-state index is 0.0329. The summed E-state index contributed by atoms with van der Waals surface area (Å²) in [5, 5.41) is 16.1. The number of hydrogen-bond acceptors (Lipinski definition) is 5. The Hall–Kier alpha value is -2.99. The average Bonchev–Trinajstić information content (AvgIpc) is 2.95. The zero-order valence-electron chi connectivity index (χ0n) is 13.0. The molecule has 0 bridgehead atoms. The van der Waals surface area contributed by atoms with Crippen LogP contribution in [0.15, 0.2) is 35.7 Å². The Bertz CT molecular complexity index is 880. The summed E-state index contributed by atoms with van der Waals surface area (Å²) in [6.07, 6.45) is -4.59. The van der Waals surface area contributed by atoms with Crippen molar-refractivity contribution in [3.8, 4) is 11.9 Å². The van der Waals surface area contributed by atoms with Crippen molar-refractivity contribution in [1.29, 1.82) is 5.26 Å². The third-order valence-corrected chi connectivity index (χ3v) is 3.88. The van der Waals surface area contributed by atoms with Gasteiger partial charge in [0.05, 0.1) is 29.3 Å². The van der Waals surface area contributed by atoms with E-state index in [4.69, 9.17) is 15.2 Å². The molecule has 1 aliphatic rings. The van der Waals surface area contributed by atoms with E-state index in [2.05, 4.69) is 10.2 Å². The lowest BCUT2D eigenvalue weighted by Gasteiger charge is -2.26. The van der Waals surface area contributed by atoms with Crippen LogP contribution in [0.1, 0.15) is 28.3 Å². The predicted octanol–water partition coefficient (Wildman–Crippen LogP) is 2.79. The lowest BCUT2D eigenvalue weighted by Crippen LogP contribution is -2.23. The molecule has 3 rings (SSSR count). The third-order valence-electron chi connectivity index (χ3n) is 3.88. The summed E-state index contributed by atoms with van der Waals surface area (Å²) >= 11 is 0. The normalized spacial score (nSPS) is 17.0. The van der Waals surface area contributed by atoms with E-state index in [1.165, 1.54) is 25.3 Å². The zero-order valence-corrected chi connectivity index (χ0v) is 13.0. The van der Waals surface area contributed by atoms with Gasteiger partial charge in [0, 0.05) is 7.11 Å². The highest BCUT2D eigenvalue weighted by Gasteiger charge is 2.41. The first-order chi connectivity index (χ1) is 11.9. The number of ether oxygens (including phenoxy) is 2. The topological polar surface area (TPSA) is 97.0 Å². The standard InChI is InChI=1S/C16H13F3N4O2/c1-24-7-11-13-12(8-4-2-3-5-10(8)16(17,18)19)9(6-20)14(21)25-15(13)23-22-11/h2-5,12H,7,21H2,1H3,(H,22,23)/t12-/m1/s1. The van der Waals surface area contributed by atoms with Gasteiger partial charge in [-0.2, -0.15) is 18.4 Å². The van der Waals surface area contributed by atoms with Gasteiger partial charge in [-0.25, -0.2) is 0 Å². The van der Waals surface area contributed by atoms with Crippen LogP contribution in [0.25, 0.3) is 0 Å². The summed E-state index contributed by atoms with van der Waals surface area (Å²) in [5.41, 5.74) is 5.41. The van der Waals surface area contributed by atoms with Crippen molar-refractivity contribution in [2.24, 2.45) is 5.73 Å². The molecule has 2 heterocycles. The molecule has 0 saturated carbocycles. The van der Waals surface area contributed by atoms with Crippen molar-refractivity contribution in [2.75, 3.05) is 7.11 Å². The minimum atomic E-state index is -4.59. The number of aromatic nitrogens is 2. The van der Waals surface area contributed by atoms with Crippen LogP contribution in [-0.4, -0.2) is 17.3 Å². The highest BCUT2D eigenvalue weighted by molar-refractivity contribution is 5.57. The van der Waals surface area contributed by atoms with Gasteiger partial charge in [-0.15, -0.1) is 5.10 Å². The smallest absolute Gasteiger partial charge is 0.416 e. The Morgan fingerprint density at radius 3 is 2.76 bits per heavy atom. The number of nitrogens with zero attached hydrogens (tertiary/aromatic N) is 2. The molecule has 0 fully saturated rings. The maximum absolute atomic E-state index is 13.5. The fourth-order valence-electron chi connectivity index (χ4n) is 2.88. The molecule has 1 aromatic heterocycles. The monoisotopic (exact) mass is 350 g/mol. The van der Waals surface area contributed by atoms with E-state index in [-0.39, 0.29) is 29.5 Å². The molecule has 0 saturated heterocycles. The molecule has 0 radical (unpaired) electrons. The van der Waals surface area contributed by atoms with Crippen LogP contribution in [0.4, 0.5) is 13.2 Å². The van der Waals surface area contributed by atoms with Crippen molar-refractivity contribution >= 4 is 0 Å². The van der Waals surface area contributed by atoms with Crippen molar-refractivity contribution in [1.82, 2.24) is 10.2 Å². The van der Waals surface area contributed by atoms with Gasteiger partial charge in [0.25, 0.3) is 0 Å². The van der Waals surface area contributed by atoms with E-state index in [9.17, 15) is 18.4 Å². The minimum Gasteiger partial charge on any atom is -0.420 e. The average molecular weight is 350 g/mol. The summed E-state index contributed by atoms with van der Waals surface area (Å²) in [7, 11) is 1.44. The second-order valence-corrected chi connectivity index (χ2v) is 5.36. The number of alkyl halides is 3. The predicted molar refractivity (Wildman–Crippen MR) is 80.0 cm³/mol. The number of rotatable bonds is 3. The zero-order chi connectivity index (χ0) is 18.2. The number of allylic oxidation sites excluding steroid dienone is 1. The van der Waals surface area contributed by atoms with Crippen LogP contribution in [0.3, 0.4) is 0 Å². The van der Waals surface area contributed by atoms with Crippen LogP contribution in [0, 0.1) is 11.3 Å². The highest BCUT2D eigenvalue weighted by Crippen LogP contribution is 2.46. The number of halogens is 3. The molecule has 0 aliphatic carbocycles. The fraction of sp³-hybridized carbons (Fsp3) is 0.250. The molecule has 1 atom stereocenters. The number of methoxy groups -OCH3 is 1. The van der Waals surface area contributed by atoms with Crippen LogP contribution in [0.2, 0.25) is 0 Å². The van der Waals surface area contributed by atoms with E-state index in [0.717, 1.165) is 6.07 Å². The molecule has 6 nitrogen and oxygen atoms in total. The second kappa shape index (κ2) is 6.14. The molecule has 0 amide bonds. The van der Waals surface area contributed by atoms with Crippen LogP contribution >= 0.6 is 0 Å². The van der Waals surface area contributed by atoms with Gasteiger partial charge in [-0.05, 0) is 11.6 Å². The maximum Gasteiger partial charge on any atom is 0.416 e. The third kappa shape index (κ3) is 2.81. The lowest BCUT2D eigenvalue weighted by molar-refractivity contribution is -0.138. The molecule has 0 unspecified atom stereocenters. The first-order valence-corrected chi connectivity index (χ1v) is 7.18. The molecule has 0 spiro atoms. The molecule has 130 valence electrons. The van der Waals surface area contributed by atoms with Gasteiger partial charge in [0.2, 0.25) is 11.8 Å². The Kier molecular flexibility index (Phi) is 4.14. The van der Waals surface area contributed by atoms with Gasteiger partial charge in [-0.3, -0.25) is 5.10 Å². The Labute approximate surface area is 140 Å². The van der Waals surface area contributed by atoms with Crippen LogP contribution in [0.5, 0.6) is 5.88 Å². The summed E-state index contributed by atoms with van der Waals surface area (Å²) in [6.45, 7) is 0.0645. The van der Waals surface area contributed by atoms with Gasteiger partial charge < -0.3 is 15.2 Å². The molecular formula is C16H13F3N4O2. The molecule has 9 heteroatoms. The number of nitrogens with one attached hydrogen (secondary N) is 1. The summed E-state index contributed by atoms with van der Waals surface area (Å²) < 4.78 is 50.8. The summed E-state index contributed by atoms with van der Waals surface area (Å²) in [6, 6.07) is 6.90. The lowest BCUT2D eigenvalue weighted by atomic mass is 9.81. The Morgan fingerprint density at radius 1 is 1.40 bits per heavy atom. The second-order valence-electron chi connectivity index (χ2n) is 5.36. The molecule has 1 aliphatic heterocycles. The van der Waals surface area contributed by atoms with Gasteiger partial charge in [0.1, 0.15) is 11.6 Å². The number of aromatic amines is 1. The van der Waals surface area contributed by atoms with Crippen molar-refractivity contribution < 1.29 is 22.6 Å². The molecule has 1 aromatic carbocycles. The fourth-order valence-corrected chi connectivity index (χ4v) is 2.88. The quantitative estimate of drug-likeness (QED) is 0.887. The number of H-pyrrole nitrogens is 1. The highest BCUT2D eigenvalue weighted by atomic mass is 19.4. The van der Waals surface area contributed by atoms with E-state index in [1.54, 1.807) is 0 Å². The van der Waals surface area contributed by atoms with E-state index in [1.807, 2.05) is 6.07 Å². The summed E-state index contributed by atoms with van der Waals surface area (Å²) in [5.74, 6) is -1.30. The molecule has 3 N–H and O–H groups in total. The van der Waals surface area contributed by atoms with Gasteiger partial charge in [-0.1, -0.05) is 18.2 Å². The molecular weight excluding hydrogens is 337 g/mol. The Morgan fingerprint density at radius 2 is 2.12 bits per heavy atom. The van der Waals surface area contributed by atoms with E-state index < -0.39 is 17.7 Å². The van der Waals surface area contributed by atoms with Crippen molar-refractivity contribution in [3.63, 3.8) is 0 Å². The number of hydrogen-bond donors (Lipinski definition) is 2. The van der Waals surface area contributed by atoms with Gasteiger partial charge in [0.15, 0.2) is 0 Å². The summed E-state index contributed by atoms with van der Waals surface area (Å²) in [4.78, 5) is 0. The number of fused-ring (bicyclic) bond motifs is 1. The van der Waals surface area contributed by atoms with Gasteiger partial charge >= 0.3 is 6.18 Å². The molecule has 2 aromatic rings. The maximum atomic E-state index is 13.5. The number of benzene rings is 1. The van der Waals surface area contributed by atoms with Crippen molar-refractivity contribution in [3.05, 3.63) is 58.1 Å². The van der Waals surface area contributed by atoms with Crippen molar-refractivity contribution in [2.45, 2.75) is 18.7 Å². The molecule has 25 heavy (non-hydrogen) atoms. The largest absolute Gasteiger partial charge is 0.420 e. The SMILES string of the molecule is COCc1[nH]nc2c1[C@H](c1ccccc1C(F)(F)F)C(C#N)=C(N)O2. The van der Waals surface area contributed by atoms with Crippen LogP contribution in [-0.2, 0) is 17.5 Å². The van der Waals surface area contributed by atoms with Crippen LogP contribution < -0.4 is 10.5 Å². The first kappa shape index (κ1) is 16.9. The number of nitrogens with two attached hydrogens (primary N) is 1. The first-order valence-electron chi connectivity index (χ1n) is 7.18. The van der Waals surface area contributed by atoms with E-state index >= 15 is 0 Å².